The van der Waals surface area contributed by atoms with Crippen LogP contribution >= 0.6 is 0 Å². The second-order valence-corrected chi connectivity index (χ2v) is 5.26. The first-order valence-corrected chi connectivity index (χ1v) is 6.67. The molecule has 1 aromatic rings. The van der Waals surface area contributed by atoms with Crippen molar-refractivity contribution in [2.45, 2.75) is 44.4 Å². The fourth-order valence-electron chi connectivity index (χ4n) is 2.55. The number of rotatable bonds is 2. The van der Waals surface area contributed by atoms with E-state index in [9.17, 15) is 4.79 Å². The number of fused-ring (bicyclic) bond motifs is 1. The largest absolute Gasteiger partial charge is 0.448 e. The summed E-state index contributed by atoms with van der Waals surface area (Å²) in [6, 6.07) is 4.89. The van der Waals surface area contributed by atoms with Crippen molar-refractivity contribution < 1.29 is 14.3 Å². The van der Waals surface area contributed by atoms with Crippen LogP contribution in [0, 0.1) is 0 Å². The van der Waals surface area contributed by atoms with E-state index in [2.05, 4.69) is 5.32 Å². The van der Waals surface area contributed by atoms with Gasteiger partial charge in [-0.2, -0.15) is 0 Å². The third-order valence-corrected chi connectivity index (χ3v) is 3.58. The Bertz CT molecular complexity index is 507. The van der Waals surface area contributed by atoms with Gasteiger partial charge in [-0.15, -0.1) is 0 Å². The highest BCUT2D eigenvalue weighted by Gasteiger charge is 2.44. The van der Waals surface area contributed by atoms with Gasteiger partial charge in [-0.3, -0.25) is 4.79 Å². The summed E-state index contributed by atoms with van der Waals surface area (Å²) in [5.41, 5.74) is 6.20. The molecule has 1 aliphatic carbocycles. The predicted molar refractivity (Wildman–Crippen MR) is 71.2 cm³/mol. The van der Waals surface area contributed by atoms with Crippen LogP contribution in [-0.4, -0.2) is 17.7 Å². The van der Waals surface area contributed by atoms with Crippen LogP contribution < -0.4 is 20.5 Å². The lowest BCUT2D eigenvalue weighted by atomic mass is 10.2. The van der Waals surface area contributed by atoms with Crippen molar-refractivity contribution in [1.82, 2.24) is 0 Å². The molecule has 1 saturated carbocycles. The van der Waals surface area contributed by atoms with Crippen molar-refractivity contribution in [2.24, 2.45) is 5.73 Å². The molecule has 1 spiro atoms. The van der Waals surface area contributed by atoms with Gasteiger partial charge in [-0.25, -0.2) is 0 Å². The van der Waals surface area contributed by atoms with Crippen molar-refractivity contribution >= 4 is 11.6 Å². The molecule has 1 amide bonds. The number of ether oxygens (including phenoxy) is 2. The molecule has 0 radical (unpaired) electrons. The zero-order valence-corrected chi connectivity index (χ0v) is 10.9. The Hall–Kier alpha value is -1.75. The van der Waals surface area contributed by atoms with E-state index in [1.165, 1.54) is 0 Å². The third-order valence-electron chi connectivity index (χ3n) is 3.58. The highest BCUT2D eigenvalue weighted by molar-refractivity contribution is 5.94. The second-order valence-electron chi connectivity index (χ2n) is 5.26. The van der Waals surface area contributed by atoms with Gasteiger partial charge in [0.15, 0.2) is 11.5 Å². The van der Waals surface area contributed by atoms with E-state index in [-0.39, 0.29) is 5.91 Å². The normalized spacial score (nSPS) is 20.5. The summed E-state index contributed by atoms with van der Waals surface area (Å²) in [7, 11) is 0. The minimum Gasteiger partial charge on any atom is -0.448 e. The predicted octanol–water partition coefficient (Wildman–Crippen LogP) is 2.01. The van der Waals surface area contributed by atoms with Gasteiger partial charge >= 0.3 is 0 Å². The van der Waals surface area contributed by atoms with Crippen molar-refractivity contribution in [2.75, 3.05) is 5.32 Å². The maximum Gasteiger partial charge on any atom is 0.251 e. The van der Waals surface area contributed by atoms with Crippen LogP contribution in [-0.2, 0) is 4.79 Å². The van der Waals surface area contributed by atoms with E-state index in [0.717, 1.165) is 31.4 Å². The van der Waals surface area contributed by atoms with Crippen LogP contribution in [0.15, 0.2) is 18.2 Å². The van der Waals surface area contributed by atoms with Crippen molar-refractivity contribution in [3.63, 3.8) is 0 Å². The number of nitrogens with two attached hydrogens (primary N) is 1. The van der Waals surface area contributed by atoms with Crippen LogP contribution in [0.5, 0.6) is 11.5 Å². The average Bonchev–Trinajstić information content (AvgIpc) is 2.95. The van der Waals surface area contributed by atoms with Gasteiger partial charge < -0.3 is 20.5 Å². The molecular weight excluding hydrogens is 244 g/mol. The molecule has 2 aliphatic rings. The van der Waals surface area contributed by atoms with Crippen LogP contribution in [0.3, 0.4) is 0 Å². The van der Waals surface area contributed by atoms with E-state index < -0.39 is 11.8 Å². The quantitative estimate of drug-likeness (QED) is 0.855. The summed E-state index contributed by atoms with van der Waals surface area (Å²) in [5, 5.41) is 2.75. The minimum absolute atomic E-state index is 0.213. The second kappa shape index (κ2) is 4.42. The number of nitrogens with one attached hydrogen (secondary N) is 1. The number of anilines is 1. The van der Waals surface area contributed by atoms with Crippen LogP contribution in [0.2, 0.25) is 0 Å². The Morgan fingerprint density at radius 3 is 2.68 bits per heavy atom. The molecule has 5 heteroatoms. The van der Waals surface area contributed by atoms with Gasteiger partial charge in [0.2, 0.25) is 5.91 Å². The van der Waals surface area contributed by atoms with E-state index in [1.54, 1.807) is 19.1 Å². The third kappa shape index (κ3) is 2.26. The number of amides is 1. The molecular formula is C14H18N2O3. The Labute approximate surface area is 112 Å². The Morgan fingerprint density at radius 2 is 2.00 bits per heavy atom. The van der Waals surface area contributed by atoms with Gasteiger partial charge in [0.05, 0.1) is 6.04 Å². The lowest BCUT2D eigenvalue weighted by Crippen LogP contribution is -2.34. The fourth-order valence-corrected chi connectivity index (χ4v) is 2.55. The first-order valence-electron chi connectivity index (χ1n) is 6.67. The summed E-state index contributed by atoms with van der Waals surface area (Å²) in [5.74, 6) is 0.770. The van der Waals surface area contributed by atoms with Crippen molar-refractivity contribution in [3.8, 4) is 11.5 Å². The molecule has 3 rings (SSSR count). The number of benzene rings is 1. The van der Waals surface area contributed by atoms with Gasteiger partial charge in [-0.05, 0) is 31.9 Å². The highest BCUT2D eigenvalue weighted by Crippen LogP contribution is 2.47. The van der Waals surface area contributed by atoms with E-state index >= 15 is 0 Å². The monoisotopic (exact) mass is 262 g/mol. The van der Waals surface area contributed by atoms with Gasteiger partial charge in [0.25, 0.3) is 5.79 Å². The molecule has 1 atom stereocenters. The lowest BCUT2D eigenvalue weighted by Gasteiger charge is -2.21. The standard InChI is InChI=1S/C14H18N2O3/c1-9(15)13(17)16-10-4-5-11-12(8-10)19-14(18-11)6-2-3-7-14/h4-5,8-9H,2-3,6-7,15H2,1H3,(H,16,17). The van der Waals surface area contributed by atoms with Gasteiger partial charge in [-0.1, -0.05) is 0 Å². The Kier molecular flexibility index (Phi) is 2.86. The molecule has 1 unspecified atom stereocenters. The van der Waals surface area contributed by atoms with E-state index in [4.69, 9.17) is 15.2 Å². The highest BCUT2D eigenvalue weighted by atomic mass is 16.7. The Morgan fingerprint density at radius 1 is 1.32 bits per heavy atom. The van der Waals surface area contributed by atoms with Crippen molar-refractivity contribution in [3.05, 3.63) is 18.2 Å². The molecule has 0 bridgehead atoms. The lowest BCUT2D eigenvalue weighted by molar-refractivity contribution is -0.117. The summed E-state index contributed by atoms with van der Waals surface area (Å²) in [4.78, 5) is 11.6. The van der Waals surface area contributed by atoms with Crippen LogP contribution in [0.1, 0.15) is 32.6 Å². The molecule has 1 heterocycles. The minimum atomic E-state index is -0.536. The maximum absolute atomic E-state index is 11.6. The van der Waals surface area contributed by atoms with Crippen molar-refractivity contribution in [1.29, 1.82) is 0 Å². The SMILES string of the molecule is CC(N)C(=O)Nc1ccc2c(c1)OC1(CCCC1)O2. The molecule has 19 heavy (non-hydrogen) atoms. The molecule has 1 aromatic carbocycles. The molecule has 5 nitrogen and oxygen atoms in total. The van der Waals surface area contributed by atoms with Crippen LogP contribution in [0.4, 0.5) is 5.69 Å². The summed E-state index contributed by atoms with van der Waals surface area (Å²) in [6.07, 6.45) is 4.09. The zero-order valence-electron chi connectivity index (χ0n) is 10.9. The molecule has 0 saturated heterocycles. The summed E-state index contributed by atoms with van der Waals surface area (Å²) in [6.45, 7) is 1.65. The first-order chi connectivity index (χ1) is 9.08. The number of carbonyl (C=O) groups excluding carboxylic acids is 1. The number of hydrogen-bond acceptors (Lipinski definition) is 4. The molecule has 0 aromatic heterocycles. The topological polar surface area (TPSA) is 73.6 Å². The molecule has 102 valence electrons. The van der Waals surface area contributed by atoms with Gasteiger partial charge in [0.1, 0.15) is 0 Å². The zero-order chi connectivity index (χ0) is 13.5. The van der Waals surface area contributed by atoms with E-state index in [1.807, 2.05) is 6.07 Å². The maximum atomic E-state index is 11.6. The summed E-state index contributed by atoms with van der Waals surface area (Å²) >= 11 is 0. The smallest absolute Gasteiger partial charge is 0.251 e. The first kappa shape index (κ1) is 12.3. The average molecular weight is 262 g/mol. The van der Waals surface area contributed by atoms with Crippen LogP contribution in [0.25, 0.3) is 0 Å². The fraction of sp³-hybridized carbons (Fsp3) is 0.500. The van der Waals surface area contributed by atoms with E-state index in [0.29, 0.717) is 11.4 Å². The summed E-state index contributed by atoms with van der Waals surface area (Å²) < 4.78 is 11.8. The Balaban J connectivity index is 1.77. The molecule has 3 N–H and O–H groups in total. The number of hydrogen-bond donors (Lipinski definition) is 2. The number of carbonyl (C=O) groups is 1. The molecule has 1 aliphatic heterocycles. The van der Waals surface area contributed by atoms with Gasteiger partial charge in [0, 0.05) is 24.6 Å². The molecule has 1 fully saturated rings.